The van der Waals surface area contributed by atoms with Gasteiger partial charge in [-0.1, -0.05) is 34.8 Å². The Morgan fingerprint density at radius 3 is 2.35 bits per heavy atom. The first-order valence-corrected chi connectivity index (χ1v) is 5.96. The number of pyridine rings is 1. The quantitative estimate of drug-likeness (QED) is 0.901. The summed E-state index contributed by atoms with van der Waals surface area (Å²) < 4.78 is 0. The Labute approximate surface area is 114 Å². The van der Waals surface area contributed by atoms with Crippen LogP contribution in [0.4, 0.5) is 0 Å². The third-order valence-electron chi connectivity index (χ3n) is 2.28. The Bertz CT molecular complexity index is 528. The van der Waals surface area contributed by atoms with Crippen molar-refractivity contribution in [1.82, 2.24) is 4.98 Å². The standard InChI is InChI=1S/C12H8Cl3NO/c13-7-1-3-10(15)9(5-7)12(17)11-4-2-8(14)6-16-11/h1-6,12,17H. The van der Waals surface area contributed by atoms with Gasteiger partial charge in [0.1, 0.15) is 6.10 Å². The third-order valence-corrected chi connectivity index (χ3v) is 3.09. The van der Waals surface area contributed by atoms with Crippen LogP contribution in [-0.4, -0.2) is 10.1 Å². The molecule has 1 heterocycles. The summed E-state index contributed by atoms with van der Waals surface area (Å²) in [6.07, 6.45) is 0.553. The number of aromatic nitrogens is 1. The van der Waals surface area contributed by atoms with Crippen molar-refractivity contribution in [3.63, 3.8) is 0 Å². The van der Waals surface area contributed by atoms with E-state index >= 15 is 0 Å². The average molecular weight is 289 g/mol. The van der Waals surface area contributed by atoms with Gasteiger partial charge in [0.05, 0.1) is 10.7 Å². The summed E-state index contributed by atoms with van der Waals surface area (Å²) in [7, 11) is 0. The SMILES string of the molecule is OC(c1ccc(Cl)cn1)c1cc(Cl)ccc1Cl. The molecule has 0 aliphatic carbocycles. The van der Waals surface area contributed by atoms with E-state index in [-0.39, 0.29) is 0 Å². The molecular weight excluding hydrogens is 280 g/mol. The van der Waals surface area contributed by atoms with Crippen LogP contribution >= 0.6 is 34.8 Å². The van der Waals surface area contributed by atoms with E-state index in [4.69, 9.17) is 34.8 Å². The number of hydrogen-bond acceptors (Lipinski definition) is 2. The second-order valence-corrected chi connectivity index (χ2v) is 4.75. The minimum Gasteiger partial charge on any atom is -0.382 e. The van der Waals surface area contributed by atoms with Crippen molar-refractivity contribution in [3.8, 4) is 0 Å². The van der Waals surface area contributed by atoms with Crippen LogP contribution in [0.2, 0.25) is 15.1 Å². The summed E-state index contributed by atoms with van der Waals surface area (Å²) in [4.78, 5) is 4.04. The molecule has 1 unspecified atom stereocenters. The Morgan fingerprint density at radius 1 is 1.00 bits per heavy atom. The highest BCUT2D eigenvalue weighted by Crippen LogP contribution is 2.29. The molecule has 0 radical (unpaired) electrons. The van der Waals surface area contributed by atoms with Gasteiger partial charge in [0, 0.05) is 21.8 Å². The summed E-state index contributed by atoms with van der Waals surface area (Å²) in [5.41, 5.74) is 0.993. The second kappa shape index (κ2) is 5.23. The van der Waals surface area contributed by atoms with Crippen LogP contribution in [0.25, 0.3) is 0 Å². The normalized spacial score (nSPS) is 12.5. The largest absolute Gasteiger partial charge is 0.382 e. The first-order chi connectivity index (χ1) is 8.08. The van der Waals surface area contributed by atoms with Crippen molar-refractivity contribution in [2.24, 2.45) is 0 Å². The Balaban J connectivity index is 2.39. The average Bonchev–Trinajstić information content (AvgIpc) is 2.32. The van der Waals surface area contributed by atoms with Crippen LogP contribution in [-0.2, 0) is 0 Å². The van der Waals surface area contributed by atoms with Gasteiger partial charge in [-0.25, -0.2) is 0 Å². The zero-order chi connectivity index (χ0) is 12.4. The Kier molecular flexibility index (Phi) is 3.89. The number of aliphatic hydroxyl groups excluding tert-OH is 1. The predicted molar refractivity (Wildman–Crippen MR) is 69.8 cm³/mol. The lowest BCUT2D eigenvalue weighted by atomic mass is 10.1. The van der Waals surface area contributed by atoms with Gasteiger partial charge in [0.2, 0.25) is 0 Å². The van der Waals surface area contributed by atoms with Crippen LogP contribution < -0.4 is 0 Å². The van der Waals surface area contributed by atoms with E-state index in [1.54, 1.807) is 30.3 Å². The molecule has 0 aliphatic heterocycles. The van der Waals surface area contributed by atoms with E-state index in [0.29, 0.717) is 26.3 Å². The molecule has 0 saturated carbocycles. The van der Waals surface area contributed by atoms with Crippen molar-refractivity contribution < 1.29 is 5.11 Å². The highest BCUT2D eigenvalue weighted by molar-refractivity contribution is 6.33. The molecule has 1 atom stereocenters. The van der Waals surface area contributed by atoms with Gasteiger partial charge in [0.25, 0.3) is 0 Å². The van der Waals surface area contributed by atoms with Gasteiger partial charge in [-0.3, -0.25) is 4.98 Å². The number of aliphatic hydroxyl groups is 1. The molecule has 5 heteroatoms. The number of hydrogen-bond donors (Lipinski definition) is 1. The highest BCUT2D eigenvalue weighted by atomic mass is 35.5. The lowest BCUT2D eigenvalue weighted by Crippen LogP contribution is -2.02. The van der Waals surface area contributed by atoms with Gasteiger partial charge in [-0.15, -0.1) is 0 Å². The van der Waals surface area contributed by atoms with Gasteiger partial charge in [-0.2, -0.15) is 0 Å². The molecule has 2 aromatic rings. The topological polar surface area (TPSA) is 33.1 Å². The fourth-order valence-electron chi connectivity index (χ4n) is 1.43. The first-order valence-electron chi connectivity index (χ1n) is 4.82. The van der Waals surface area contributed by atoms with Crippen LogP contribution in [0.15, 0.2) is 36.5 Å². The van der Waals surface area contributed by atoms with Crippen LogP contribution in [0.1, 0.15) is 17.4 Å². The molecule has 0 bridgehead atoms. The molecule has 0 saturated heterocycles. The number of nitrogens with zero attached hydrogens (tertiary/aromatic N) is 1. The van der Waals surface area contributed by atoms with Crippen molar-refractivity contribution in [2.75, 3.05) is 0 Å². The lowest BCUT2D eigenvalue weighted by Gasteiger charge is -2.12. The molecule has 1 aromatic heterocycles. The lowest BCUT2D eigenvalue weighted by molar-refractivity contribution is 0.215. The molecule has 2 rings (SSSR count). The van der Waals surface area contributed by atoms with Gasteiger partial charge in [0.15, 0.2) is 0 Å². The smallest absolute Gasteiger partial charge is 0.122 e. The molecule has 0 aliphatic rings. The predicted octanol–water partition coefficient (Wildman–Crippen LogP) is 4.12. The fourth-order valence-corrected chi connectivity index (χ4v) is 1.95. The summed E-state index contributed by atoms with van der Waals surface area (Å²) in [6, 6.07) is 8.22. The van der Waals surface area contributed by atoms with Crippen molar-refractivity contribution in [1.29, 1.82) is 0 Å². The minimum atomic E-state index is -0.918. The molecule has 1 aromatic carbocycles. The molecular formula is C12H8Cl3NO. The molecule has 88 valence electrons. The van der Waals surface area contributed by atoms with Gasteiger partial charge < -0.3 is 5.11 Å². The van der Waals surface area contributed by atoms with Crippen molar-refractivity contribution in [2.45, 2.75) is 6.10 Å². The van der Waals surface area contributed by atoms with Crippen molar-refractivity contribution >= 4 is 34.8 Å². The molecule has 0 amide bonds. The summed E-state index contributed by atoms with van der Waals surface area (Å²) in [6.45, 7) is 0. The van der Waals surface area contributed by atoms with Crippen LogP contribution in [0, 0.1) is 0 Å². The summed E-state index contributed by atoms with van der Waals surface area (Å²) in [5.74, 6) is 0. The number of halogens is 3. The Hall–Kier alpha value is -0.800. The Morgan fingerprint density at radius 2 is 1.71 bits per heavy atom. The maximum Gasteiger partial charge on any atom is 0.122 e. The van der Waals surface area contributed by atoms with E-state index in [1.165, 1.54) is 6.20 Å². The van der Waals surface area contributed by atoms with Crippen molar-refractivity contribution in [3.05, 3.63) is 62.9 Å². The van der Waals surface area contributed by atoms with E-state index in [9.17, 15) is 5.11 Å². The summed E-state index contributed by atoms with van der Waals surface area (Å²) in [5, 5.41) is 11.6. The highest BCUT2D eigenvalue weighted by Gasteiger charge is 2.15. The zero-order valence-electron chi connectivity index (χ0n) is 8.57. The van der Waals surface area contributed by atoms with E-state index in [0.717, 1.165) is 0 Å². The van der Waals surface area contributed by atoms with E-state index in [1.807, 2.05) is 0 Å². The van der Waals surface area contributed by atoms with Gasteiger partial charge >= 0.3 is 0 Å². The third kappa shape index (κ3) is 2.90. The molecule has 0 fully saturated rings. The maximum atomic E-state index is 10.1. The van der Waals surface area contributed by atoms with E-state index < -0.39 is 6.10 Å². The second-order valence-electron chi connectivity index (χ2n) is 3.47. The monoisotopic (exact) mass is 287 g/mol. The molecule has 0 spiro atoms. The molecule has 17 heavy (non-hydrogen) atoms. The molecule has 1 N–H and O–H groups in total. The summed E-state index contributed by atoms with van der Waals surface area (Å²) >= 11 is 17.6. The molecule has 2 nitrogen and oxygen atoms in total. The minimum absolute atomic E-state index is 0.443. The zero-order valence-corrected chi connectivity index (χ0v) is 10.8. The first kappa shape index (κ1) is 12.7. The number of benzene rings is 1. The van der Waals surface area contributed by atoms with Crippen LogP contribution in [0.3, 0.4) is 0 Å². The van der Waals surface area contributed by atoms with Crippen LogP contribution in [0.5, 0.6) is 0 Å². The van der Waals surface area contributed by atoms with E-state index in [2.05, 4.69) is 4.98 Å². The van der Waals surface area contributed by atoms with Gasteiger partial charge in [-0.05, 0) is 30.3 Å². The maximum absolute atomic E-state index is 10.1. The number of rotatable bonds is 2. The fraction of sp³-hybridized carbons (Fsp3) is 0.0833.